The molecule has 114 valence electrons. The standard InChI is InChI=1S/C14H15BrClFN2O2/c1-14(2,3)21-13(20)19-6-4-5-8-7-9(16)10(15)11(17)12(8)18/h7H,6,18H2,1-3H3,(H,19,20). The Morgan fingerprint density at radius 2 is 2.19 bits per heavy atom. The van der Waals surface area contributed by atoms with Gasteiger partial charge in [-0.3, -0.25) is 0 Å². The molecule has 3 N–H and O–H groups in total. The summed E-state index contributed by atoms with van der Waals surface area (Å²) >= 11 is 8.81. The van der Waals surface area contributed by atoms with Crippen molar-refractivity contribution in [3.05, 3.63) is 26.9 Å². The van der Waals surface area contributed by atoms with Crippen molar-refractivity contribution < 1.29 is 13.9 Å². The molecule has 0 heterocycles. The van der Waals surface area contributed by atoms with Crippen molar-refractivity contribution in [1.29, 1.82) is 0 Å². The van der Waals surface area contributed by atoms with Gasteiger partial charge in [0.05, 0.1) is 27.3 Å². The molecule has 4 nitrogen and oxygen atoms in total. The first kappa shape index (κ1) is 17.6. The van der Waals surface area contributed by atoms with Gasteiger partial charge in [0.25, 0.3) is 0 Å². The van der Waals surface area contributed by atoms with Gasteiger partial charge in [0.2, 0.25) is 0 Å². The second kappa shape index (κ2) is 7.01. The lowest BCUT2D eigenvalue weighted by molar-refractivity contribution is 0.0535. The van der Waals surface area contributed by atoms with Gasteiger partial charge >= 0.3 is 6.09 Å². The predicted octanol–water partition coefficient (Wildman–Crippen LogP) is 3.70. The normalized spacial score (nSPS) is 10.6. The summed E-state index contributed by atoms with van der Waals surface area (Å²) in [5.41, 5.74) is 5.18. The van der Waals surface area contributed by atoms with Gasteiger partial charge in [-0.1, -0.05) is 23.4 Å². The third kappa shape index (κ3) is 5.44. The number of rotatable bonds is 1. The van der Waals surface area contributed by atoms with Crippen molar-refractivity contribution >= 4 is 39.3 Å². The molecule has 0 bridgehead atoms. The molecule has 0 spiro atoms. The van der Waals surface area contributed by atoms with E-state index in [0.717, 1.165) is 0 Å². The second-order valence-corrected chi connectivity index (χ2v) is 6.31. The minimum Gasteiger partial charge on any atom is -0.444 e. The summed E-state index contributed by atoms with van der Waals surface area (Å²) in [4.78, 5) is 11.4. The van der Waals surface area contributed by atoms with Crippen LogP contribution in [0.5, 0.6) is 0 Å². The monoisotopic (exact) mass is 376 g/mol. The van der Waals surface area contributed by atoms with E-state index in [4.69, 9.17) is 22.1 Å². The number of anilines is 1. The van der Waals surface area contributed by atoms with Crippen molar-refractivity contribution in [3.8, 4) is 11.8 Å². The number of nitrogens with one attached hydrogen (secondary N) is 1. The number of carbonyl (C=O) groups is 1. The minimum atomic E-state index is -0.660. The largest absolute Gasteiger partial charge is 0.444 e. The fourth-order valence-corrected chi connectivity index (χ4v) is 1.80. The van der Waals surface area contributed by atoms with E-state index in [1.165, 1.54) is 6.07 Å². The number of benzene rings is 1. The van der Waals surface area contributed by atoms with Crippen LogP contribution < -0.4 is 11.1 Å². The maximum atomic E-state index is 13.7. The Morgan fingerprint density at radius 1 is 1.57 bits per heavy atom. The number of amides is 1. The molecule has 0 aliphatic carbocycles. The van der Waals surface area contributed by atoms with Gasteiger partial charge < -0.3 is 15.8 Å². The van der Waals surface area contributed by atoms with Crippen molar-refractivity contribution in [3.63, 3.8) is 0 Å². The number of hydrogen-bond acceptors (Lipinski definition) is 3. The number of nitrogens with two attached hydrogens (primary N) is 1. The Bertz CT molecular complexity index is 618. The predicted molar refractivity (Wildman–Crippen MR) is 84.6 cm³/mol. The van der Waals surface area contributed by atoms with Crippen LogP contribution in [0.2, 0.25) is 5.02 Å². The van der Waals surface area contributed by atoms with E-state index in [0.29, 0.717) is 0 Å². The number of hydrogen-bond donors (Lipinski definition) is 2. The van der Waals surface area contributed by atoms with Gasteiger partial charge in [-0.15, -0.1) is 0 Å². The van der Waals surface area contributed by atoms with Gasteiger partial charge in [0.15, 0.2) is 5.82 Å². The van der Waals surface area contributed by atoms with Crippen molar-refractivity contribution in [2.24, 2.45) is 0 Å². The van der Waals surface area contributed by atoms with E-state index in [9.17, 15) is 9.18 Å². The molecular formula is C14H15BrClFN2O2. The Labute approximate surface area is 136 Å². The maximum Gasteiger partial charge on any atom is 0.408 e. The molecule has 0 fully saturated rings. The number of carbonyl (C=O) groups excluding carboxylic acids is 1. The number of alkyl carbamates (subject to hydrolysis) is 1. The lowest BCUT2D eigenvalue weighted by Gasteiger charge is -2.19. The van der Waals surface area contributed by atoms with E-state index in [1.807, 2.05) is 0 Å². The summed E-state index contributed by atoms with van der Waals surface area (Å²) in [5.74, 6) is 4.64. The summed E-state index contributed by atoms with van der Waals surface area (Å²) in [6.07, 6.45) is -0.579. The third-order valence-electron chi connectivity index (χ3n) is 2.14. The van der Waals surface area contributed by atoms with E-state index < -0.39 is 17.5 Å². The Morgan fingerprint density at radius 3 is 2.76 bits per heavy atom. The highest BCUT2D eigenvalue weighted by molar-refractivity contribution is 9.10. The lowest BCUT2D eigenvalue weighted by Crippen LogP contribution is -2.32. The summed E-state index contributed by atoms with van der Waals surface area (Å²) in [6, 6.07) is 1.45. The van der Waals surface area contributed by atoms with Crippen LogP contribution in [0.3, 0.4) is 0 Å². The van der Waals surface area contributed by atoms with Crippen LogP contribution in [-0.4, -0.2) is 18.2 Å². The minimum absolute atomic E-state index is 0.0453. The molecule has 0 saturated heterocycles. The van der Waals surface area contributed by atoms with Crippen molar-refractivity contribution in [2.75, 3.05) is 12.3 Å². The van der Waals surface area contributed by atoms with E-state index in [-0.39, 0.29) is 27.3 Å². The van der Waals surface area contributed by atoms with Crippen molar-refractivity contribution in [2.45, 2.75) is 26.4 Å². The molecule has 1 rings (SSSR count). The van der Waals surface area contributed by atoms with Gasteiger partial charge in [-0.2, -0.15) is 0 Å². The van der Waals surface area contributed by atoms with Gasteiger partial charge in [0, 0.05) is 0 Å². The van der Waals surface area contributed by atoms with Crippen LogP contribution in [0, 0.1) is 17.7 Å². The van der Waals surface area contributed by atoms with Gasteiger partial charge in [-0.05, 0) is 42.8 Å². The smallest absolute Gasteiger partial charge is 0.408 e. The first-order valence-corrected chi connectivity index (χ1v) is 7.17. The SMILES string of the molecule is CC(C)(C)OC(=O)NCC#Cc1cc(Cl)c(Br)c(F)c1N. The first-order chi connectivity index (χ1) is 9.61. The zero-order chi connectivity index (χ0) is 16.2. The Balaban J connectivity index is 2.71. The van der Waals surface area contributed by atoms with Crippen LogP contribution in [0.25, 0.3) is 0 Å². The van der Waals surface area contributed by atoms with Crippen molar-refractivity contribution in [1.82, 2.24) is 5.32 Å². The highest BCUT2D eigenvalue weighted by atomic mass is 79.9. The first-order valence-electron chi connectivity index (χ1n) is 6.00. The molecule has 0 aliphatic heterocycles. The second-order valence-electron chi connectivity index (χ2n) is 5.10. The van der Waals surface area contributed by atoms with E-state index in [2.05, 4.69) is 33.1 Å². The Kier molecular flexibility index (Phi) is 5.87. The molecule has 7 heteroatoms. The molecular weight excluding hydrogens is 363 g/mol. The molecule has 0 radical (unpaired) electrons. The number of ether oxygens (including phenoxy) is 1. The average molecular weight is 378 g/mol. The molecule has 1 aromatic rings. The third-order valence-corrected chi connectivity index (χ3v) is 3.44. The summed E-state index contributed by atoms with van der Waals surface area (Å²) in [6.45, 7) is 5.31. The molecule has 21 heavy (non-hydrogen) atoms. The van der Waals surface area contributed by atoms with Crippen LogP contribution in [0.4, 0.5) is 14.9 Å². The molecule has 0 aliphatic rings. The molecule has 0 unspecified atom stereocenters. The number of nitrogen functional groups attached to an aromatic ring is 1. The van der Waals surface area contributed by atoms with E-state index >= 15 is 0 Å². The van der Waals surface area contributed by atoms with Crippen LogP contribution in [0.1, 0.15) is 26.3 Å². The Hall–Kier alpha value is -1.45. The fraction of sp³-hybridized carbons (Fsp3) is 0.357. The molecule has 1 amide bonds. The summed E-state index contributed by atoms with van der Waals surface area (Å²) in [7, 11) is 0. The zero-order valence-corrected chi connectivity index (χ0v) is 14.2. The fourth-order valence-electron chi connectivity index (χ4n) is 1.28. The van der Waals surface area contributed by atoms with Gasteiger partial charge in [-0.25, -0.2) is 9.18 Å². The molecule has 0 atom stereocenters. The highest BCUT2D eigenvalue weighted by Gasteiger charge is 2.15. The average Bonchev–Trinajstić information content (AvgIpc) is 2.35. The molecule has 0 aromatic heterocycles. The van der Waals surface area contributed by atoms with Crippen LogP contribution in [0.15, 0.2) is 10.5 Å². The molecule has 1 aromatic carbocycles. The quantitative estimate of drug-likeness (QED) is 0.445. The molecule has 0 saturated carbocycles. The topological polar surface area (TPSA) is 64.3 Å². The maximum absolute atomic E-state index is 13.7. The van der Waals surface area contributed by atoms with E-state index in [1.54, 1.807) is 20.8 Å². The zero-order valence-electron chi connectivity index (χ0n) is 11.8. The van der Waals surface area contributed by atoms with Crippen LogP contribution >= 0.6 is 27.5 Å². The lowest BCUT2D eigenvalue weighted by atomic mass is 10.2. The van der Waals surface area contributed by atoms with Crippen LogP contribution in [-0.2, 0) is 4.74 Å². The summed E-state index contributed by atoms with van der Waals surface area (Å²) in [5, 5.41) is 2.63. The highest BCUT2D eigenvalue weighted by Crippen LogP contribution is 2.31. The van der Waals surface area contributed by atoms with Gasteiger partial charge in [0.1, 0.15) is 5.60 Å². The summed E-state index contributed by atoms with van der Waals surface area (Å²) < 4.78 is 18.8. The number of halogens is 3.